The Balaban J connectivity index is 2.52. The molecule has 2 amide bonds. The van der Waals surface area contributed by atoms with Crippen LogP contribution < -0.4 is 5.32 Å². The molecular formula is C10H18N2O4. The standard InChI is InChI=1S/C10H18N2O4/c1-10(2,8(13)15-3)11-9(14)12-4-6-16-7-5-12/h4-7H2,1-3H3,(H,11,14). The van der Waals surface area contributed by atoms with Crippen LogP contribution in [-0.2, 0) is 14.3 Å². The molecule has 1 rings (SSSR count). The maximum absolute atomic E-state index is 11.8. The zero-order valence-electron chi connectivity index (χ0n) is 9.91. The van der Waals surface area contributed by atoms with Crippen molar-refractivity contribution >= 4 is 12.0 Å². The molecule has 0 aromatic rings. The van der Waals surface area contributed by atoms with Gasteiger partial charge in [0.2, 0.25) is 0 Å². The van der Waals surface area contributed by atoms with Crippen LogP contribution in [0.4, 0.5) is 4.79 Å². The van der Waals surface area contributed by atoms with Crippen LogP contribution in [0.3, 0.4) is 0 Å². The van der Waals surface area contributed by atoms with Crippen molar-refractivity contribution in [3.8, 4) is 0 Å². The van der Waals surface area contributed by atoms with Gasteiger partial charge in [0.05, 0.1) is 20.3 Å². The van der Waals surface area contributed by atoms with Crippen molar-refractivity contribution in [2.24, 2.45) is 0 Å². The van der Waals surface area contributed by atoms with E-state index in [0.717, 1.165) is 0 Å². The summed E-state index contributed by atoms with van der Waals surface area (Å²) in [6, 6.07) is -0.265. The van der Waals surface area contributed by atoms with Crippen LogP contribution in [0, 0.1) is 0 Å². The molecule has 0 saturated carbocycles. The molecule has 1 N–H and O–H groups in total. The van der Waals surface area contributed by atoms with Crippen LogP contribution in [0.1, 0.15) is 13.8 Å². The molecule has 0 aromatic heterocycles. The number of morpholine rings is 1. The molecule has 0 aliphatic carbocycles. The number of hydrogen-bond donors (Lipinski definition) is 1. The molecule has 0 aromatic carbocycles. The molecule has 0 atom stereocenters. The summed E-state index contributed by atoms with van der Waals surface area (Å²) in [4.78, 5) is 24.8. The Morgan fingerprint density at radius 1 is 1.31 bits per heavy atom. The van der Waals surface area contributed by atoms with Crippen LogP contribution in [0.15, 0.2) is 0 Å². The van der Waals surface area contributed by atoms with Crippen LogP contribution in [0.2, 0.25) is 0 Å². The molecular weight excluding hydrogens is 212 g/mol. The monoisotopic (exact) mass is 230 g/mol. The second-order valence-electron chi connectivity index (χ2n) is 4.15. The van der Waals surface area contributed by atoms with Crippen LogP contribution in [0.5, 0.6) is 0 Å². The molecule has 0 radical (unpaired) electrons. The van der Waals surface area contributed by atoms with Gasteiger partial charge in [-0.3, -0.25) is 0 Å². The van der Waals surface area contributed by atoms with E-state index in [9.17, 15) is 9.59 Å². The van der Waals surface area contributed by atoms with E-state index in [1.807, 2.05) is 0 Å². The summed E-state index contributed by atoms with van der Waals surface area (Å²) >= 11 is 0. The molecule has 1 fully saturated rings. The Hall–Kier alpha value is -1.30. The van der Waals surface area contributed by atoms with Crippen molar-refractivity contribution in [2.75, 3.05) is 33.4 Å². The fraction of sp³-hybridized carbons (Fsp3) is 0.800. The normalized spacial score (nSPS) is 16.8. The maximum atomic E-state index is 11.8. The van der Waals surface area contributed by atoms with E-state index < -0.39 is 11.5 Å². The number of carbonyl (C=O) groups is 2. The van der Waals surface area contributed by atoms with E-state index in [4.69, 9.17) is 4.74 Å². The first-order chi connectivity index (χ1) is 7.47. The van der Waals surface area contributed by atoms with Gasteiger partial charge in [-0.2, -0.15) is 0 Å². The number of nitrogens with zero attached hydrogens (tertiary/aromatic N) is 1. The summed E-state index contributed by atoms with van der Waals surface area (Å²) in [7, 11) is 1.30. The van der Waals surface area contributed by atoms with Crippen molar-refractivity contribution in [1.82, 2.24) is 10.2 Å². The molecule has 0 unspecified atom stereocenters. The predicted octanol–water partition coefficient (Wildman–Crippen LogP) is -0.0202. The lowest BCUT2D eigenvalue weighted by atomic mass is 10.1. The third kappa shape index (κ3) is 3.10. The third-order valence-electron chi connectivity index (χ3n) is 2.41. The van der Waals surface area contributed by atoms with E-state index in [1.165, 1.54) is 7.11 Å². The first-order valence-electron chi connectivity index (χ1n) is 5.20. The Morgan fingerprint density at radius 3 is 2.38 bits per heavy atom. The van der Waals surface area contributed by atoms with Gasteiger partial charge in [0.25, 0.3) is 0 Å². The van der Waals surface area contributed by atoms with Gasteiger partial charge < -0.3 is 19.7 Å². The van der Waals surface area contributed by atoms with Gasteiger partial charge in [0.1, 0.15) is 5.54 Å². The van der Waals surface area contributed by atoms with Gasteiger partial charge in [0, 0.05) is 13.1 Å². The average molecular weight is 230 g/mol. The number of methoxy groups -OCH3 is 1. The van der Waals surface area contributed by atoms with Gasteiger partial charge >= 0.3 is 12.0 Å². The number of amides is 2. The minimum Gasteiger partial charge on any atom is -0.467 e. The largest absolute Gasteiger partial charge is 0.467 e. The maximum Gasteiger partial charge on any atom is 0.331 e. The first-order valence-corrected chi connectivity index (χ1v) is 5.20. The van der Waals surface area contributed by atoms with Gasteiger partial charge in [-0.25, -0.2) is 9.59 Å². The number of carbonyl (C=O) groups excluding carboxylic acids is 2. The second-order valence-corrected chi connectivity index (χ2v) is 4.15. The zero-order chi connectivity index (χ0) is 12.2. The summed E-state index contributed by atoms with van der Waals surface area (Å²) in [5, 5.41) is 2.63. The fourth-order valence-electron chi connectivity index (χ4n) is 1.42. The van der Waals surface area contributed by atoms with Crippen LogP contribution in [0.25, 0.3) is 0 Å². The highest BCUT2D eigenvalue weighted by Crippen LogP contribution is 2.06. The van der Waals surface area contributed by atoms with E-state index in [0.29, 0.717) is 26.3 Å². The third-order valence-corrected chi connectivity index (χ3v) is 2.41. The van der Waals surface area contributed by atoms with Gasteiger partial charge in [0.15, 0.2) is 0 Å². The number of hydrogen-bond acceptors (Lipinski definition) is 4. The summed E-state index contributed by atoms with van der Waals surface area (Å²) in [5.74, 6) is -0.464. The topological polar surface area (TPSA) is 67.9 Å². The summed E-state index contributed by atoms with van der Waals surface area (Å²) in [6.45, 7) is 5.37. The minimum atomic E-state index is -1.01. The summed E-state index contributed by atoms with van der Waals surface area (Å²) in [5.41, 5.74) is -1.01. The summed E-state index contributed by atoms with van der Waals surface area (Å²) < 4.78 is 9.74. The molecule has 92 valence electrons. The Bertz CT molecular complexity index is 272. The first kappa shape index (κ1) is 12.8. The van der Waals surface area contributed by atoms with E-state index in [1.54, 1.807) is 18.7 Å². The zero-order valence-corrected chi connectivity index (χ0v) is 9.91. The van der Waals surface area contributed by atoms with Crippen molar-refractivity contribution in [3.05, 3.63) is 0 Å². The average Bonchev–Trinajstić information content (AvgIpc) is 2.28. The predicted molar refractivity (Wildman–Crippen MR) is 57.0 cm³/mol. The molecule has 0 bridgehead atoms. The Morgan fingerprint density at radius 2 is 1.88 bits per heavy atom. The second kappa shape index (κ2) is 5.16. The lowest BCUT2D eigenvalue weighted by molar-refractivity contribution is -0.146. The van der Waals surface area contributed by atoms with Crippen molar-refractivity contribution < 1.29 is 19.1 Å². The highest BCUT2D eigenvalue weighted by atomic mass is 16.5. The Kier molecular flexibility index (Phi) is 4.12. The lowest BCUT2D eigenvalue weighted by Crippen LogP contribution is -2.56. The van der Waals surface area contributed by atoms with E-state index >= 15 is 0 Å². The lowest BCUT2D eigenvalue weighted by Gasteiger charge is -2.31. The number of esters is 1. The smallest absolute Gasteiger partial charge is 0.331 e. The van der Waals surface area contributed by atoms with E-state index in [2.05, 4.69) is 10.1 Å². The highest BCUT2D eigenvalue weighted by Gasteiger charge is 2.32. The molecule has 6 heteroatoms. The summed E-state index contributed by atoms with van der Waals surface area (Å²) in [6.07, 6.45) is 0. The van der Waals surface area contributed by atoms with Gasteiger partial charge in [-0.05, 0) is 13.8 Å². The van der Waals surface area contributed by atoms with Crippen molar-refractivity contribution in [1.29, 1.82) is 0 Å². The molecule has 1 heterocycles. The minimum absolute atomic E-state index is 0.265. The number of nitrogens with one attached hydrogen (secondary N) is 1. The molecule has 1 aliphatic rings. The quantitative estimate of drug-likeness (QED) is 0.677. The molecule has 1 aliphatic heterocycles. The highest BCUT2D eigenvalue weighted by molar-refractivity contribution is 5.86. The molecule has 16 heavy (non-hydrogen) atoms. The van der Waals surface area contributed by atoms with Crippen LogP contribution in [-0.4, -0.2) is 55.9 Å². The fourth-order valence-corrected chi connectivity index (χ4v) is 1.42. The van der Waals surface area contributed by atoms with Gasteiger partial charge in [-0.1, -0.05) is 0 Å². The number of urea groups is 1. The van der Waals surface area contributed by atoms with Gasteiger partial charge in [-0.15, -0.1) is 0 Å². The van der Waals surface area contributed by atoms with Crippen molar-refractivity contribution in [2.45, 2.75) is 19.4 Å². The van der Waals surface area contributed by atoms with Crippen molar-refractivity contribution in [3.63, 3.8) is 0 Å². The SMILES string of the molecule is COC(=O)C(C)(C)NC(=O)N1CCOCC1. The van der Waals surface area contributed by atoms with E-state index in [-0.39, 0.29) is 6.03 Å². The number of ether oxygens (including phenoxy) is 2. The molecule has 6 nitrogen and oxygen atoms in total. The van der Waals surface area contributed by atoms with Crippen LogP contribution >= 0.6 is 0 Å². The number of rotatable bonds is 2. The molecule has 0 spiro atoms. The Labute approximate surface area is 94.9 Å². The molecule has 1 saturated heterocycles.